The number of aromatic nitrogens is 5. The number of anilines is 3. The van der Waals surface area contributed by atoms with Crippen LogP contribution in [0.2, 0.25) is 0 Å². The second-order valence-electron chi connectivity index (χ2n) is 11.4. The normalized spacial score (nSPS) is 22.6. The van der Waals surface area contributed by atoms with Crippen LogP contribution in [-0.2, 0) is 24.7 Å². The van der Waals surface area contributed by atoms with Gasteiger partial charge < -0.3 is 16.0 Å². The third kappa shape index (κ3) is 4.60. The van der Waals surface area contributed by atoms with E-state index in [4.69, 9.17) is 0 Å². The summed E-state index contributed by atoms with van der Waals surface area (Å²) in [4.78, 5) is 27.3. The predicted molar refractivity (Wildman–Crippen MR) is 140 cm³/mol. The van der Waals surface area contributed by atoms with Gasteiger partial charge in [0.1, 0.15) is 22.8 Å². The number of aryl methyl sites for hydroxylation is 2. The molecule has 0 aromatic carbocycles. The molecule has 4 aliphatic rings. The van der Waals surface area contributed by atoms with Crippen molar-refractivity contribution in [3.63, 3.8) is 0 Å². The van der Waals surface area contributed by atoms with Gasteiger partial charge in [-0.1, -0.05) is 0 Å². The lowest BCUT2D eigenvalue weighted by atomic mass is 9.91. The maximum absolute atomic E-state index is 13.6. The maximum atomic E-state index is 13.6. The highest BCUT2D eigenvalue weighted by molar-refractivity contribution is 7.17. The number of halogens is 2. The van der Waals surface area contributed by atoms with E-state index in [-0.39, 0.29) is 29.5 Å². The van der Waals surface area contributed by atoms with E-state index in [0.29, 0.717) is 46.6 Å². The third-order valence-corrected chi connectivity index (χ3v) is 9.94. The standard InChI is InChI=1S/C26H30F2N8O2S/c1-35-19(9-17(34-35)21(27)28)31-25-33-30-12-36(25)15-4-5-18-16(8-15)20(24(39-18)32-22(37)13-2-3-13)23(38)29-11-14-10-26(14)6-7-26/h9,12-15,21H,2-8,10-11H2,1H3,(H,29,38)(H,31,33)(H,32,37)/t14-,15+/m1/s1. The Labute approximate surface area is 227 Å². The van der Waals surface area contributed by atoms with Crippen LogP contribution in [-0.4, -0.2) is 42.9 Å². The van der Waals surface area contributed by atoms with E-state index in [2.05, 4.69) is 31.2 Å². The van der Waals surface area contributed by atoms with Crippen LogP contribution < -0.4 is 16.0 Å². The zero-order valence-electron chi connectivity index (χ0n) is 21.5. The van der Waals surface area contributed by atoms with Gasteiger partial charge in [-0.15, -0.1) is 21.5 Å². The first kappa shape index (κ1) is 24.7. The molecular weight excluding hydrogens is 526 g/mol. The van der Waals surface area contributed by atoms with Gasteiger partial charge in [0.25, 0.3) is 12.3 Å². The summed E-state index contributed by atoms with van der Waals surface area (Å²) in [7, 11) is 1.59. The molecule has 3 aromatic heterocycles. The number of thiophene rings is 1. The minimum Gasteiger partial charge on any atom is -0.352 e. The van der Waals surface area contributed by atoms with Crippen molar-refractivity contribution in [3.05, 3.63) is 34.1 Å². The van der Waals surface area contributed by atoms with E-state index in [9.17, 15) is 18.4 Å². The number of hydrogen-bond acceptors (Lipinski definition) is 7. The Hall–Kier alpha value is -3.35. The number of nitrogens with one attached hydrogen (secondary N) is 3. The first-order valence-electron chi connectivity index (χ1n) is 13.5. The average Bonchev–Trinajstić information content (AvgIpc) is 3.87. The smallest absolute Gasteiger partial charge is 0.282 e. The van der Waals surface area contributed by atoms with Gasteiger partial charge in [-0.3, -0.25) is 18.8 Å². The lowest BCUT2D eigenvalue weighted by Gasteiger charge is -2.25. The number of carbonyl (C=O) groups excluding carboxylic acids is 2. The molecule has 4 aliphatic carbocycles. The van der Waals surface area contributed by atoms with E-state index in [1.807, 2.05) is 4.57 Å². The Bertz CT molecular complexity index is 1450. The zero-order valence-corrected chi connectivity index (χ0v) is 22.4. The number of nitrogens with zero attached hydrogens (tertiary/aromatic N) is 5. The van der Waals surface area contributed by atoms with Gasteiger partial charge in [0, 0.05) is 36.5 Å². The van der Waals surface area contributed by atoms with Crippen molar-refractivity contribution < 1.29 is 18.4 Å². The van der Waals surface area contributed by atoms with Crippen LogP contribution in [0.3, 0.4) is 0 Å². The Morgan fingerprint density at radius 3 is 2.77 bits per heavy atom. The molecule has 0 bridgehead atoms. The van der Waals surface area contributed by atoms with Crippen LogP contribution in [0.5, 0.6) is 0 Å². The molecule has 206 valence electrons. The molecule has 0 aliphatic heterocycles. The fraction of sp³-hybridized carbons (Fsp3) is 0.577. The molecule has 2 atom stereocenters. The quantitative estimate of drug-likeness (QED) is 0.360. The summed E-state index contributed by atoms with van der Waals surface area (Å²) in [5.74, 6) is 1.26. The van der Waals surface area contributed by atoms with Gasteiger partial charge in [-0.2, -0.15) is 5.10 Å². The Morgan fingerprint density at radius 2 is 2.08 bits per heavy atom. The Balaban J connectivity index is 1.13. The highest BCUT2D eigenvalue weighted by Gasteiger charge is 2.62. The van der Waals surface area contributed by atoms with Crippen LogP contribution in [0, 0.1) is 17.3 Å². The minimum atomic E-state index is -2.67. The van der Waals surface area contributed by atoms with Crippen LogP contribution in [0.25, 0.3) is 0 Å². The van der Waals surface area contributed by atoms with Crippen molar-refractivity contribution in [1.29, 1.82) is 0 Å². The number of hydrogen-bond donors (Lipinski definition) is 3. The van der Waals surface area contributed by atoms with Crippen molar-refractivity contribution in [1.82, 2.24) is 29.9 Å². The van der Waals surface area contributed by atoms with E-state index in [1.54, 1.807) is 13.4 Å². The zero-order chi connectivity index (χ0) is 26.9. The molecule has 3 aromatic rings. The Kier molecular flexibility index (Phi) is 5.76. The average molecular weight is 557 g/mol. The van der Waals surface area contributed by atoms with E-state index < -0.39 is 6.43 Å². The predicted octanol–water partition coefficient (Wildman–Crippen LogP) is 4.36. The van der Waals surface area contributed by atoms with Crippen LogP contribution in [0.15, 0.2) is 12.4 Å². The molecule has 3 saturated carbocycles. The molecule has 2 amide bonds. The molecule has 0 saturated heterocycles. The SMILES string of the molecule is Cn1nc(C(F)F)cc1Nc1nncn1[C@H]1CCc2sc(NC(=O)C3CC3)c(C(=O)NC[C@H]3CC34CC4)c2C1. The third-order valence-electron chi connectivity index (χ3n) is 8.74. The highest BCUT2D eigenvalue weighted by Crippen LogP contribution is 2.70. The molecule has 3 fully saturated rings. The highest BCUT2D eigenvalue weighted by atomic mass is 32.1. The summed E-state index contributed by atoms with van der Waals surface area (Å²) in [6.45, 7) is 0.674. The Morgan fingerprint density at radius 1 is 1.26 bits per heavy atom. The van der Waals surface area contributed by atoms with Gasteiger partial charge in [-0.25, -0.2) is 8.78 Å². The molecule has 39 heavy (non-hydrogen) atoms. The number of carbonyl (C=O) groups is 2. The summed E-state index contributed by atoms with van der Waals surface area (Å²) in [5.41, 5.74) is 1.71. The van der Waals surface area contributed by atoms with E-state index >= 15 is 0 Å². The fourth-order valence-electron chi connectivity index (χ4n) is 5.92. The van der Waals surface area contributed by atoms with Gasteiger partial charge in [0.05, 0.1) is 5.56 Å². The lowest BCUT2D eigenvalue weighted by Crippen LogP contribution is -2.29. The van der Waals surface area contributed by atoms with Crippen molar-refractivity contribution in [2.45, 2.75) is 63.8 Å². The van der Waals surface area contributed by atoms with Crippen LogP contribution in [0.4, 0.5) is 25.5 Å². The number of fused-ring (bicyclic) bond motifs is 1. The largest absolute Gasteiger partial charge is 0.352 e. The van der Waals surface area contributed by atoms with Crippen LogP contribution in [0.1, 0.15) is 77.5 Å². The van der Waals surface area contributed by atoms with Gasteiger partial charge in [0.15, 0.2) is 0 Å². The fourth-order valence-corrected chi connectivity index (χ4v) is 7.16. The van der Waals surface area contributed by atoms with Crippen molar-refractivity contribution >= 4 is 39.9 Å². The summed E-state index contributed by atoms with van der Waals surface area (Å²) in [6, 6.07) is 1.24. The number of amides is 2. The van der Waals surface area contributed by atoms with E-state index in [1.165, 1.54) is 41.3 Å². The molecular formula is C26H30F2N8O2S. The van der Waals surface area contributed by atoms with Crippen molar-refractivity contribution in [2.24, 2.45) is 24.3 Å². The van der Waals surface area contributed by atoms with Crippen molar-refractivity contribution in [3.8, 4) is 0 Å². The number of alkyl halides is 2. The first-order chi connectivity index (χ1) is 18.8. The van der Waals surface area contributed by atoms with Gasteiger partial charge in [-0.05, 0) is 68.3 Å². The van der Waals surface area contributed by atoms with Gasteiger partial charge >= 0.3 is 0 Å². The summed E-state index contributed by atoms with van der Waals surface area (Å²) in [6.07, 6.45) is 6.56. The van der Waals surface area contributed by atoms with Crippen LogP contribution >= 0.6 is 11.3 Å². The summed E-state index contributed by atoms with van der Waals surface area (Å²) < 4.78 is 29.5. The molecule has 7 rings (SSSR count). The minimum absolute atomic E-state index is 0.0111. The molecule has 0 radical (unpaired) electrons. The lowest BCUT2D eigenvalue weighted by molar-refractivity contribution is -0.117. The van der Waals surface area contributed by atoms with Crippen molar-refractivity contribution in [2.75, 3.05) is 17.2 Å². The molecule has 3 heterocycles. The molecule has 10 nitrogen and oxygen atoms in total. The first-order valence-corrected chi connectivity index (χ1v) is 14.3. The summed E-state index contributed by atoms with van der Waals surface area (Å²) >= 11 is 1.51. The molecule has 3 N–H and O–H groups in total. The molecule has 1 spiro atoms. The monoisotopic (exact) mass is 556 g/mol. The van der Waals surface area contributed by atoms with Gasteiger partial charge in [0.2, 0.25) is 11.9 Å². The topological polar surface area (TPSA) is 119 Å². The van der Waals surface area contributed by atoms with E-state index in [0.717, 1.165) is 36.1 Å². The second-order valence-corrected chi connectivity index (χ2v) is 12.5. The molecule has 13 heteroatoms. The molecule has 0 unspecified atom stereocenters. The maximum Gasteiger partial charge on any atom is 0.282 e. The summed E-state index contributed by atoms with van der Waals surface area (Å²) in [5, 5.41) is 22.0. The number of rotatable bonds is 9. The second kappa shape index (κ2) is 9.10.